The van der Waals surface area contributed by atoms with Gasteiger partial charge in [0.15, 0.2) is 0 Å². The summed E-state index contributed by atoms with van der Waals surface area (Å²) in [6.07, 6.45) is 1.42. The van der Waals surface area contributed by atoms with E-state index in [0.29, 0.717) is 25.9 Å². The van der Waals surface area contributed by atoms with Crippen molar-refractivity contribution in [3.63, 3.8) is 0 Å². The zero-order valence-corrected chi connectivity index (χ0v) is 10.1. The normalized spacial score (nSPS) is 19.9. The van der Waals surface area contributed by atoms with Gasteiger partial charge in [-0.15, -0.1) is 0 Å². The van der Waals surface area contributed by atoms with Gasteiger partial charge in [-0.3, -0.25) is 9.69 Å². The molecule has 0 unspecified atom stereocenters. The lowest BCUT2D eigenvalue weighted by Crippen LogP contribution is -2.46. The summed E-state index contributed by atoms with van der Waals surface area (Å²) in [5.74, 6) is -0.156. The molecule has 90 valence electrons. The molecule has 0 amide bonds. The first-order chi connectivity index (χ1) is 8.19. The molecule has 0 spiro atoms. The van der Waals surface area contributed by atoms with E-state index in [0.717, 1.165) is 5.56 Å². The standard InChI is InChI=1S/C14H17NO2/c1-15-10-8-14(9-11-15,13(16)17-2)12-6-4-3-5-7-12/h1,3-7H,8-11H2,2H3. The lowest BCUT2D eigenvalue weighted by Gasteiger charge is -2.38. The summed E-state index contributed by atoms with van der Waals surface area (Å²) < 4.78 is 4.98. The van der Waals surface area contributed by atoms with Gasteiger partial charge in [0.25, 0.3) is 0 Å². The number of esters is 1. The highest BCUT2D eigenvalue weighted by Crippen LogP contribution is 2.36. The first-order valence-electron chi connectivity index (χ1n) is 5.82. The summed E-state index contributed by atoms with van der Waals surface area (Å²) in [4.78, 5) is 13.9. The van der Waals surface area contributed by atoms with Crippen molar-refractivity contribution in [1.82, 2.24) is 4.90 Å². The average molecular weight is 231 g/mol. The molecule has 0 aromatic heterocycles. The maximum absolute atomic E-state index is 12.1. The fourth-order valence-corrected chi connectivity index (χ4v) is 2.47. The first kappa shape index (κ1) is 12.1. The maximum Gasteiger partial charge on any atom is 0.316 e. The number of carbonyl (C=O) groups is 1. The van der Waals surface area contributed by atoms with E-state index in [-0.39, 0.29) is 5.97 Å². The van der Waals surface area contributed by atoms with Gasteiger partial charge in [0.05, 0.1) is 12.5 Å². The number of hydrogen-bond acceptors (Lipinski definition) is 3. The quantitative estimate of drug-likeness (QED) is 0.728. The summed E-state index contributed by atoms with van der Waals surface area (Å²) in [7, 11) is 7.20. The van der Waals surface area contributed by atoms with Gasteiger partial charge in [-0.25, -0.2) is 0 Å². The van der Waals surface area contributed by atoms with Gasteiger partial charge in [-0.05, 0) is 31.5 Å². The predicted molar refractivity (Wildman–Crippen MR) is 65.2 cm³/mol. The topological polar surface area (TPSA) is 29.5 Å². The zero-order valence-electron chi connectivity index (χ0n) is 10.1. The molecule has 1 aliphatic rings. The third kappa shape index (κ3) is 2.20. The Hall–Kier alpha value is -1.35. The third-order valence-corrected chi connectivity index (χ3v) is 3.55. The highest BCUT2D eigenvalue weighted by Gasteiger charge is 2.43. The van der Waals surface area contributed by atoms with Crippen LogP contribution in [0.1, 0.15) is 18.4 Å². The van der Waals surface area contributed by atoms with Crippen molar-refractivity contribution in [3.05, 3.63) is 42.9 Å². The highest BCUT2D eigenvalue weighted by molar-refractivity contribution is 5.83. The van der Waals surface area contributed by atoms with Crippen LogP contribution in [0.25, 0.3) is 0 Å². The minimum Gasteiger partial charge on any atom is -0.468 e. The molecule has 1 saturated heterocycles. The molecule has 0 bridgehead atoms. The number of carbonyl (C=O) groups excluding carboxylic acids is 1. The van der Waals surface area contributed by atoms with Crippen LogP contribution in [-0.2, 0) is 14.9 Å². The molecule has 1 fully saturated rings. The third-order valence-electron chi connectivity index (χ3n) is 3.55. The number of nitrogens with zero attached hydrogens (tertiary/aromatic N) is 1. The molecule has 1 heterocycles. The number of ether oxygens (including phenoxy) is 1. The number of likely N-dealkylation sites (tertiary alicyclic amines) is 1. The fourth-order valence-electron chi connectivity index (χ4n) is 2.47. The van der Waals surface area contributed by atoms with E-state index < -0.39 is 5.41 Å². The number of methoxy groups -OCH3 is 1. The van der Waals surface area contributed by atoms with E-state index in [1.165, 1.54) is 7.11 Å². The van der Waals surface area contributed by atoms with E-state index in [4.69, 9.17) is 11.8 Å². The fraction of sp³-hybridized carbons (Fsp3) is 0.429. The van der Waals surface area contributed by atoms with Crippen molar-refractivity contribution in [2.45, 2.75) is 18.3 Å². The summed E-state index contributed by atoms with van der Waals surface area (Å²) >= 11 is 0. The number of benzene rings is 1. The van der Waals surface area contributed by atoms with E-state index >= 15 is 0 Å². The second kappa shape index (κ2) is 4.88. The SMILES string of the molecule is [CH]N1CCC(C(=O)OC)(c2ccccc2)CC1. The van der Waals surface area contributed by atoms with Gasteiger partial charge in [-0.2, -0.15) is 0 Å². The molecule has 3 nitrogen and oxygen atoms in total. The van der Waals surface area contributed by atoms with Crippen molar-refractivity contribution in [3.8, 4) is 0 Å². The van der Waals surface area contributed by atoms with Crippen LogP contribution in [0, 0.1) is 7.05 Å². The smallest absolute Gasteiger partial charge is 0.316 e. The van der Waals surface area contributed by atoms with Gasteiger partial charge >= 0.3 is 5.97 Å². The van der Waals surface area contributed by atoms with Crippen molar-refractivity contribution < 1.29 is 9.53 Å². The molecular formula is C14H17NO2. The van der Waals surface area contributed by atoms with Crippen LogP contribution in [0.5, 0.6) is 0 Å². The Morgan fingerprint density at radius 1 is 1.29 bits per heavy atom. The molecule has 2 radical (unpaired) electrons. The van der Waals surface area contributed by atoms with Gasteiger partial charge in [-0.1, -0.05) is 30.3 Å². The molecule has 0 aliphatic carbocycles. The van der Waals surface area contributed by atoms with Crippen molar-refractivity contribution >= 4 is 5.97 Å². The Morgan fingerprint density at radius 2 is 1.88 bits per heavy atom. The highest BCUT2D eigenvalue weighted by atomic mass is 16.5. The van der Waals surface area contributed by atoms with Crippen LogP contribution < -0.4 is 0 Å². The molecule has 0 atom stereocenters. The zero-order chi connectivity index (χ0) is 12.3. The van der Waals surface area contributed by atoms with E-state index in [9.17, 15) is 4.79 Å². The van der Waals surface area contributed by atoms with Crippen LogP contribution in [0.4, 0.5) is 0 Å². The summed E-state index contributed by atoms with van der Waals surface area (Å²) in [5, 5.41) is 0. The Morgan fingerprint density at radius 3 is 2.41 bits per heavy atom. The molecule has 1 aromatic rings. The van der Waals surface area contributed by atoms with Gasteiger partial charge in [0.1, 0.15) is 0 Å². The minimum atomic E-state index is -0.522. The van der Waals surface area contributed by atoms with E-state index in [1.54, 1.807) is 4.90 Å². The molecule has 2 rings (SSSR count). The summed E-state index contributed by atoms with van der Waals surface area (Å²) in [5.41, 5.74) is 0.506. The van der Waals surface area contributed by atoms with Crippen LogP contribution in [0.2, 0.25) is 0 Å². The lowest BCUT2D eigenvalue weighted by molar-refractivity contribution is -0.149. The van der Waals surface area contributed by atoms with Gasteiger partial charge in [0, 0.05) is 7.05 Å². The molecule has 3 heteroatoms. The molecule has 0 N–H and O–H groups in total. The summed E-state index contributed by atoms with van der Waals surface area (Å²) in [6.45, 7) is 1.42. The van der Waals surface area contributed by atoms with E-state index in [2.05, 4.69) is 0 Å². The minimum absolute atomic E-state index is 0.156. The molecule has 1 aromatic carbocycles. The maximum atomic E-state index is 12.1. The van der Waals surface area contributed by atoms with Crippen molar-refractivity contribution in [2.24, 2.45) is 0 Å². The molecular weight excluding hydrogens is 214 g/mol. The number of piperidine rings is 1. The molecule has 0 saturated carbocycles. The van der Waals surface area contributed by atoms with Crippen LogP contribution in [0.15, 0.2) is 30.3 Å². The van der Waals surface area contributed by atoms with Crippen LogP contribution in [-0.4, -0.2) is 31.1 Å². The Labute approximate surface area is 102 Å². The van der Waals surface area contributed by atoms with Crippen LogP contribution in [0.3, 0.4) is 0 Å². The second-order valence-corrected chi connectivity index (χ2v) is 4.48. The van der Waals surface area contributed by atoms with Gasteiger partial charge in [0.2, 0.25) is 0 Å². The van der Waals surface area contributed by atoms with Crippen LogP contribution >= 0.6 is 0 Å². The Bertz CT molecular complexity index is 380. The Balaban J connectivity index is 2.35. The molecule has 17 heavy (non-hydrogen) atoms. The first-order valence-corrected chi connectivity index (χ1v) is 5.82. The van der Waals surface area contributed by atoms with Crippen molar-refractivity contribution in [2.75, 3.05) is 20.2 Å². The van der Waals surface area contributed by atoms with E-state index in [1.807, 2.05) is 30.3 Å². The Kier molecular flexibility index (Phi) is 3.48. The second-order valence-electron chi connectivity index (χ2n) is 4.48. The number of rotatable bonds is 2. The molecule has 1 aliphatic heterocycles. The lowest BCUT2D eigenvalue weighted by atomic mass is 9.73. The largest absolute Gasteiger partial charge is 0.468 e. The van der Waals surface area contributed by atoms with Gasteiger partial charge < -0.3 is 4.74 Å². The van der Waals surface area contributed by atoms with Crippen molar-refractivity contribution in [1.29, 1.82) is 0 Å². The number of hydrogen-bond donors (Lipinski definition) is 0. The monoisotopic (exact) mass is 231 g/mol. The predicted octanol–water partition coefficient (Wildman–Crippen LogP) is 1.86. The average Bonchev–Trinajstić information content (AvgIpc) is 2.40. The summed E-state index contributed by atoms with van der Waals surface area (Å²) in [6, 6.07) is 9.84.